The van der Waals surface area contributed by atoms with Crippen molar-refractivity contribution in [3.8, 4) is 17.2 Å². The number of anilines is 1. The molecule has 3 N–H and O–H groups in total. The van der Waals surface area contributed by atoms with Crippen molar-refractivity contribution in [2.24, 2.45) is 0 Å². The topological polar surface area (TPSA) is 172 Å². The number of carboxylic acids is 2. The summed E-state index contributed by atoms with van der Waals surface area (Å²) in [7, 11) is 1.12. The van der Waals surface area contributed by atoms with E-state index in [4.69, 9.17) is 34.0 Å². The lowest BCUT2D eigenvalue weighted by molar-refractivity contribution is -0.159. The number of benzene rings is 2. The lowest BCUT2D eigenvalue weighted by Crippen LogP contribution is -2.48. The first kappa shape index (κ1) is 30.3. The molecule has 0 unspecified atom stereocenters. The number of rotatable bonds is 8. The maximum absolute atomic E-state index is 13.0. The highest BCUT2D eigenvalue weighted by Crippen LogP contribution is 2.38. The van der Waals surface area contributed by atoms with Gasteiger partial charge in [0.05, 0.1) is 26.2 Å². The first-order valence-corrected chi connectivity index (χ1v) is 12.7. The molecule has 38 heavy (non-hydrogen) atoms. The van der Waals surface area contributed by atoms with E-state index in [1.165, 1.54) is 23.4 Å². The zero-order chi connectivity index (χ0) is 28.5. The second kappa shape index (κ2) is 13.6. The minimum Gasteiger partial charge on any atom is -0.493 e. The number of carboxylic acid groups (broad SMARTS) is 2. The maximum atomic E-state index is 13.0. The summed E-state index contributed by atoms with van der Waals surface area (Å²) in [6.07, 6.45) is 0. The molecule has 208 valence electrons. The van der Waals surface area contributed by atoms with Crippen LogP contribution in [0.4, 0.5) is 5.69 Å². The molecule has 0 radical (unpaired) electrons. The summed E-state index contributed by atoms with van der Waals surface area (Å²) in [4.78, 5) is 31.7. The van der Waals surface area contributed by atoms with Gasteiger partial charge in [-0.1, -0.05) is 0 Å². The van der Waals surface area contributed by atoms with Crippen molar-refractivity contribution in [1.29, 1.82) is 0 Å². The van der Waals surface area contributed by atoms with Crippen molar-refractivity contribution >= 4 is 33.6 Å². The van der Waals surface area contributed by atoms with Crippen molar-refractivity contribution in [3.05, 3.63) is 42.0 Å². The van der Waals surface area contributed by atoms with Gasteiger partial charge in [-0.2, -0.15) is 4.31 Å². The molecule has 1 aliphatic heterocycles. The number of amides is 1. The van der Waals surface area contributed by atoms with Crippen LogP contribution in [-0.4, -0.2) is 93.2 Å². The Hall–Kier alpha value is -3.88. The van der Waals surface area contributed by atoms with Crippen molar-refractivity contribution in [2.45, 2.75) is 18.4 Å². The van der Waals surface area contributed by atoms with Gasteiger partial charge < -0.3 is 29.7 Å². The summed E-state index contributed by atoms with van der Waals surface area (Å²) >= 11 is 0. The molecule has 0 aliphatic carbocycles. The van der Waals surface area contributed by atoms with Gasteiger partial charge in [-0.3, -0.25) is 9.69 Å². The van der Waals surface area contributed by atoms with Gasteiger partial charge in [0.1, 0.15) is 0 Å². The predicted molar refractivity (Wildman–Crippen MR) is 136 cm³/mol. The Bertz CT molecular complexity index is 1200. The molecule has 0 aromatic heterocycles. The molecule has 1 amide bonds. The fraction of sp³-hybridized carbons (Fsp3) is 0.375. The van der Waals surface area contributed by atoms with Crippen molar-refractivity contribution in [1.82, 2.24) is 9.21 Å². The van der Waals surface area contributed by atoms with Crippen LogP contribution in [0.25, 0.3) is 0 Å². The quantitative estimate of drug-likeness (QED) is 0.403. The van der Waals surface area contributed by atoms with Crippen LogP contribution in [-0.2, 0) is 31.0 Å². The number of carbonyl (C=O) groups excluding carboxylic acids is 1. The number of nitrogens with one attached hydrogen (secondary N) is 1. The van der Waals surface area contributed by atoms with Gasteiger partial charge in [-0.15, -0.1) is 0 Å². The number of nitrogens with zero attached hydrogens (tertiary/aromatic N) is 2. The highest BCUT2D eigenvalue weighted by molar-refractivity contribution is 7.89. The lowest BCUT2D eigenvalue weighted by atomic mass is 10.1. The van der Waals surface area contributed by atoms with Crippen LogP contribution >= 0.6 is 0 Å². The normalized spacial score (nSPS) is 14.0. The molecule has 0 saturated carbocycles. The summed E-state index contributed by atoms with van der Waals surface area (Å²) in [5.41, 5.74) is 1.55. The van der Waals surface area contributed by atoms with Crippen LogP contribution in [0.2, 0.25) is 0 Å². The Balaban J connectivity index is 0.000000757. The van der Waals surface area contributed by atoms with E-state index in [1.54, 1.807) is 33.5 Å². The molecule has 0 bridgehead atoms. The maximum Gasteiger partial charge on any atom is 0.414 e. The summed E-state index contributed by atoms with van der Waals surface area (Å²) in [5.74, 6) is -2.13. The Morgan fingerprint density at radius 1 is 0.868 bits per heavy atom. The standard InChI is InChI=1S/C22H29N3O6S.C2H2O4/c1-16(26)23-18-5-7-19(8-6-18)32(27,28)25-11-9-24(10-12-25)15-17-13-20(29-2)22(31-4)21(14-17)30-3;3-1(4)2(5)6/h5-8,13-14H,9-12,15H2,1-4H3,(H,23,26);(H,3,4)(H,5,6). The number of sulfonamides is 1. The predicted octanol–water partition coefficient (Wildman–Crippen LogP) is 1.33. The smallest absolute Gasteiger partial charge is 0.414 e. The lowest BCUT2D eigenvalue weighted by Gasteiger charge is -2.34. The minimum atomic E-state index is -3.60. The van der Waals surface area contributed by atoms with Gasteiger partial charge >= 0.3 is 11.9 Å². The van der Waals surface area contributed by atoms with Gasteiger partial charge in [0.2, 0.25) is 21.7 Å². The molecule has 1 heterocycles. The largest absolute Gasteiger partial charge is 0.493 e. The SMILES string of the molecule is COc1cc(CN2CCN(S(=O)(=O)c3ccc(NC(C)=O)cc3)CC2)cc(OC)c1OC.O=C(O)C(=O)O. The Morgan fingerprint density at radius 2 is 1.37 bits per heavy atom. The molecule has 1 saturated heterocycles. The molecule has 0 spiro atoms. The number of hydrogen-bond donors (Lipinski definition) is 3. The second-order valence-corrected chi connectivity index (χ2v) is 9.97. The van der Waals surface area contributed by atoms with Gasteiger partial charge in [0.25, 0.3) is 0 Å². The third-order valence-corrected chi connectivity index (χ3v) is 7.37. The van der Waals surface area contributed by atoms with Crippen molar-refractivity contribution in [3.63, 3.8) is 0 Å². The van der Waals surface area contributed by atoms with Crippen LogP contribution in [0.5, 0.6) is 17.2 Å². The van der Waals surface area contributed by atoms with E-state index in [0.29, 0.717) is 55.7 Å². The van der Waals surface area contributed by atoms with Crippen LogP contribution in [0.3, 0.4) is 0 Å². The fourth-order valence-corrected chi connectivity index (χ4v) is 5.10. The third-order valence-electron chi connectivity index (χ3n) is 5.46. The molecule has 2 aromatic carbocycles. The Morgan fingerprint density at radius 3 is 1.76 bits per heavy atom. The molecule has 2 aromatic rings. The fourth-order valence-electron chi connectivity index (χ4n) is 3.68. The molecule has 3 rings (SSSR count). The number of ether oxygens (including phenoxy) is 3. The van der Waals surface area contributed by atoms with Crippen molar-refractivity contribution in [2.75, 3.05) is 52.8 Å². The van der Waals surface area contributed by atoms with E-state index >= 15 is 0 Å². The molecule has 14 heteroatoms. The van der Waals surface area contributed by atoms with Crippen molar-refractivity contribution < 1.29 is 47.2 Å². The number of aliphatic carboxylic acids is 2. The van der Waals surface area contributed by atoms with E-state index in [-0.39, 0.29) is 10.8 Å². The monoisotopic (exact) mass is 553 g/mol. The number of methoxy groups -OCH3 is 3. The third kappa shape index (κ3) is 8.06. The molecule has 13 nitrogen and oxygen atoms in total. The van der Waals surface area contributed by atoms with Crippen LogP contribution in [0.1, 0.15) is 12.5 Å². The van der Waals surface area contributed by atoms with E-state index in [1.807, 2.05) is 12.1 Å². The van der Waals surface area contributed by atoms with Crippen LogP contribution < -0.4 is 19.5 Å². The second-order valence-electron chi connectivity index (χ2n) is 8.03. The van der Waals surface area contributed by atoms with E-state index in [0.717, 1.165) is 5.56 Å². The average Bonchev–Trinajstić information content (AvgIpc) is 2.88. The molecular formula is C24H31N3O10S. The van der Waals surface area contributed by atoms with E-state index in [9.17, 15) is 13.2 Å². The van der Waals surface area contributed by atoms with Gasteiger partial charge in [0.15, 0.2) is 11.5 Å². The van der Waals surface area contributed by atoms with E-state index < -0.39 is 22.0 Å². The first-order valence-electron chi connectivity index (χ1n) is 11.3. The number of carbonyl (C=O) groups is 3. The highest BCUT2D eigenvalue weighted by atomic mass is 32.2. The number of hydrogen-bond acceptors (Lipinski definition) is 9. The molecule has 0 atom stereocenters. The zero-order valence-corrected chi connectivity index (χ0v) is 22.3. The van der Waals surface area contributed by atoms with Gasteiger partial charge in [0, 0.05) is 45.3 Å². The van der Waals surface area contributed by atoms with Gasteiger partial charge in [-0.05, 0) is 42.0 Å². The molecular weight excluding hydrogens is 522 g/mol. The minimum absolute atomic E-state index is 0.205. The van der Waals surface area contributed by atoms with E-state index in [2.05, 4.69) is 10.2 Å². The molecule has 1 aliphatic rings. The number of piperazine rings is 1. The first-order chi connectivity index (χ1) is 17.9. The van der Waals surface area contributed by atoms with Crippen LogP contribution in [0, 0.1) is 0 Å². The summed E-state index contributed by atoms with van der Waals surface area (Å²) in [6.45, 7) is 4.01. The Labute approximate surface area is 220 Å². The average molecular weight is 554 g/mol. The van der Waals surface area contributed by atoms with Crippen LogP contribution in [0.15, 0.2) is 41.3 Å². The zero-order valence-electron chi connectivity index (χ0n) is 21.5. The summed E-state index contributed by atoms with van der Waals surface area (Å²) < 4.78 is 43.7. The van der Waals surface area contributed by atoms with Gasteiger partial charge in [-0.25, -0.2) is 18.0 Å². The Kier molecular flexibility index (Phi) is 10.9. The summed E-state index contributed by atoms with van der Waals surface area (Å²) in [5, 5.41) is 17.4. The highest BCUT2D eigenvalue weighted by Gasteiger charge is 2.28. The summed E-state index contributed by atoms with van der Waals surface area (Å²) in [6, 6.07) is 10.0. The molecule has 1 fully saturated rings.